The van der Waals surface area contributed by atoms with E-state index in [-0.39, 0.29) is 12.5 Å². The van der Waals surface area contributed by atoms with Gasteiger partial charge in [0.1, 0.15) is 11.4 Å². The van der Waals surface area contributed by atoms with Gasteiger partial charge in [0.25, 0.3) is 0 Å². The Balaban J connectivity index is 1.77. The molecule has 1 aliphatic carbocycles. The van der Waals surface area contributed by atoms with Crippen molar-refractivity contribution in [2.75, 3.05) is 11.5 Å². The van der Waals surface area contributed by atoms with Gasteiger partial charge in [0.05, 0.1) is 23.2 Å². The van der Waals surface area contributed by atoms with Crippen LogP contribution in [0.5, 0.6) is 0 Å². The lowest BCUT2D eigenvalue weighted by Crippen LogP contribution is -2.27. The van der Waals surface area contributed by atoms with Crippen molar-refractivity contribution in [1.29, 1.82) is 0 Å². The number of aliphatic carboxylic acids is 1. The summed E-state index contributed by atoms with van der Waals surface area (Å²) in [5, 5.41) is 13.8. The topological polar surface area (TPSA) is 92.9 Å². The quantitative estimate of drug-likeness (QED) is 0.414. The first-order valence-corrected chi connectivity index (χ1v) is 11.5. The molecular formula is C26H25ClN2O5. The number of anilines is 2. The minimum atomic E-state index is -0.760. The van der Waals surface area contributed by atoms with Gasteiger partial charge < -0.3 is 14.4 Å². The van der Waals surface area contributed by atoms with Crippen molar-refractivity contribution in [2.45, 2.75) is 33.1 Å². The lowest BCUT2D eigenvalue weighted by atomic mass is 9.86. The Hall–Kier alpha value is -3.58. The van der Waals surface area contributed by atoms with Crippen LogP contribution in [0.4, 0.5) is 16.2 Å². The number of ether oxygens (including phenoxy) is 1. The van der Waals surface area contributed by atoms with Gasteiger partial charge in [-0.05, 0) is 62.4 Å². The molecule has 0 bridgehead atoms. The number of allylic oxidation sites excluding steroid dienone is 2. The molecule has 4 rings (SSSR count). The van der Waals surface area contributed by atoms with E-state index in [1.165, 1.54) is 4.90 Å². The Morgan fingerprint density at radius 1 is 1.21 bits per heavy atom. The van der Waals surface area contributed by atoms with E-state index in [2.05, 4.69) is 5.16 Å². The highest BCUT2D eigenvalue weighted by Crippen LogP contribution is 2.42. The van der Waals surface area contributed by atoms with Crippen molar-refractivity contribution in [3.8, 4) is 11.3 Å². The van der Waals surface area contributed by atoms with E-state index in [0.29, 0.717) is 47.1 Å². The number of aryl methyl sites for hydroxylation is 1. The molecule has 1 amide bonds. The summed E-state index contributed by atoms with van der Waals surface area (Å²) in [4.78, 5) is 25.7. The number of aromatic nitrogens is 1. The van der Waals surface area contributed by atoms with Crippen molar-refractivity contribution in [1.82, 2.24) is 5.16 Å². The summed E-state index contributed by atoms with van der Waals surface area (Å²) in [6, 6.07) is 14.7. The van der Waals surface area contributed by atoms with Crippen molar-refractivity contribution >= 4 is 40.6 Å². The molecule has 0 fully saturated rings. The monoisotopic (exact) mass is 480 g/mol. The molecule has 1 aliphatic rings. The number of hydrogen-bond donors (Lipinski definition) is 1. The number of carbonyl (C=O) groups is 2. The summed E-state index contributed by atoms with van der Waals surface area (Å²) in [6.07, 6.45) is 3.18. The van der Waals surface area contributed by atoms with E-state index in [4.69, 9.17) is 20.9 Å². The van der Waals surface area contributed by atoms with Crippen molar-refractivity contribution in [3.05, 3.63) is 70.9 Å². The second kappa shape index (κ2) is 10.1. The number of halogens is 1. The third-order valence-electron chi connectivity index (χ3n) is 5.85. The lowest BCUT2D eigenvalue weighted by Gasteiger charge is -2.23. The fraction of sp³-hybridized carbons (Fsp3) is 0.269. The van der Waals surface area contributed by atoms with Gasteiger partial charge in [-0.15, -0.1) is 0 Å². The lowest BCUT2D eigenvalue weighted by molar-refractivity contribution is -0.141. The van der Waals surface area contributed by atoms with Gasteiger partial charge in [0.2, 0.25) is 0 Å². The number of carboxylic acid groups (broad SMARTS) is 1. The zero-order valence-electron chi connectivity index (χ0n) is 19.0. The first-order valence-electron chi connectivity index (χ1n) is 11.1. The van der Waals surface area contributed by atoms with Crippen LogP contribution >= 0.6 is 11.6 Å². The molecule has 0 spiro atoms. The van der Waals surface area contributed by atoms with Gasteiger partial charge in [-0.3, -0.25) is 4.79 Å². The Bertz CT molecular complexity index is 1250. The minimum absolute atomic E-state index is 0.195. The number of para-hydroxylation sites is 1. The highest BCUT2D eigenvalue weighted by atomic mass is 35.5. The zero-order valence-corrected chi connectivity index (χ0v) is 19.7. The number of benzene rings is 2. The zero-order chi connectivity index (χ0) is 24.2. The van der Waals surface area contributed by atoms with Crippen LogP contribution in [-0.4, -0.2) is 28.9 Å². The van der Waals surface area contributed by atoms with Gasteiger partial charge in [0, 0.05) is 5.56 Å². The molecule has 1 atom stereocenters. The Morgan fingerprint density at radius 3 is 2.65 bits per heavy atom. The summed E-state index contributed by atoms with van der Waals surface area (Å²) in [5.41, 5.74) is 4.21. The number of carbonyl (C=O) groups excluding carboxylic acids is 1. The van der Waals surface area contributed by atoms with Crippen molar-refractivity contribution < 1.29 is 24.0 Å². The summed E-state index contributed by atoms with van der Waals surface area (Å²) in [6.45, 7) is 3.69. The van der Waals surface area contributed by atoms with Crippen LogP contribution in [0, 0.1) is 12.8 Å². The largest absolute Gasteiger partial charge is 0.481 e. The average Bonchev–Trinajstić information content (AvgIpc) is 3.22. The summed E-state index contributed by atoms with van der Waals surface area (Å²) in [7, 11) is 0. The summed E-state index contributed by atoms with van der Waals surface area (Å²) >= 11 is 6.44. The molecule has 0 radical (unpaired) electrons. The number of carboxylic acids is 1. The molecule has 1 heterocycles. The van der Waals surface area contributed by atoms with Crippen molar-refractivity contribution in [2.24, 2.45) is 5.92 Å². The third kappa shape index (κ3) is 4.70. The highest BCUT2D eigenvalue weighted by Gasteiger charge is 2.30. The number of rotatable bonds is 6. The van der Waals surface area contributed by atoms with Gasteiger partial charge in [-0.25, -0.2) is 9.69 Å². The number of nitrogens with zero attached hydrogens (tertiary/aromatic N) is 2. The number of hydrogen-bond acceptors (Lipinski definition) is 5. The molecule has 1 aromatic heterocycles. The molecule has 7 nitrogen and oxygen atoms in total. The molecule has 3 aromatic rings. The Kier molecular flexibility index (Phi) is 7.03. The summed E-state index contributed by atoms with van der Waals surface area (Å²) in [5.74, 6) is -0.694. The van der Waals surface area contributed by atoms with E-state index in [1.54, 1.807) is 38.1 Å². The van der Waals surface area contributed by atoms with Crippen molar-refractivity contribution in [3.63, 3.8) is 0 Å². The Labute approximate surface area is 202 Å². The van der Waals surface area contributed by atoms with Crippen LogP contribution in [0.2, 0.25) is 5.02 Å². The standard InChI is InChI=1S/C26H25ClN2O5/c1-3-33-26(32)29(22-10-5-4-9-21(22)27)23-16(2)28-34-24(23)20-8-6-7-19(15-20)17-11-13-18(14-12-17)25(30)31/h4-11,15,18H,3,12-14H2,1-2H3,(H,30,31). The molecule has 176 valence electrons. The van der Waals surface area contributed by atoms with Crippen LogP contribution < -0.4 is 4.90 Å². The maximum atomic E-state index is 13.0. The SMILES string of the molecule is CCOC(=O)N(c1ccccc1Cl)c1c(C)noc1-c1cccc(C2=CCC(C(=O)O)CC2)c1. The molecule has 0 aliphatic heterocycles. The average molecular weight is 481 g/mol. The van der Waals surface area contributed by atoms with E-state index in [0.717, 1.165) is 16.7 Å². The predicted octanol–water partition coefficient (Wildman–Crippen LogP) is 6.87. The van der Waals surface area contributed by atoms with E-state index >= 15 is 0 Å². The minimum Gasteiger partial charge on any atom is -0.481 e. The predicted molar refractivity (Wildman–Crippen MR) is 130 cm³/mol. The van der Waals surface area contributed by atoms with Gasteiger partial charge in [0.15, 0.2) is 5.76 Å². The van der Waals surface area contributed by atoms with E-state index < -0.39 is 12.1 Å². The van der Waals surface area contributed by atoms with Gasteiger partial charge >= 0.3 is 12.1 Å². The first-order chi connectivity index (χ1) is 16.4. The fourth-order valence-electron chi connectivity index (χ4n) is 4.13. The highest BCUT2D eigenvalue weighted by molar-refractivity contribution is 6.34. The molecule has 1 N–H and O–H groups in total. The number of amides is 1. The second-order valence-electron chi connectivity index (χ2n) is 8.05. The Morgan fingerprint density at radius 2 is 1.97 bits per heavy atom. The maximum Gasteiger partial charge on any atom is 0.419 e. The van der Waals surface area contributed by atoms with Crippen LogP contribution in [0.1, 0.15) is 37.4 Å². The smallest absolute Gasteiger partial charge is 0.419 e. The maximum absolute atomic E-state index is 13.0. The fourth-order valence-corrected chi connectivity index (χ4v) is 4.35. The van der Waals surface area contributed by atoms with Gasteiger partial charge in [-0.2, -0.15) is 0 Å². The molecule has 34 heavy (non-hydrogen) atoms. The van der Waals surface area contributed by atoms with Crippen LogP contribution in [0.25, 0.3) is 16.9 Å². The van der Waals surface area contributed by atoms with Gasteiger partial charge in [-0.1, -0.05) is 53.2 Å². The van der Waals surface area contributed by atoms with Crippen LogP contribution in [0.15, 0.2) is 59.1 Å². The molecule has 2 aromatic carbocycles. The normalized spacial score (nSPS) is 15.5. The van der Waals surface area contributed by atoms with E-state index in [1.807, 2.05) is 30.3 Å². The molecule has 8 heteroatoms. The molecule has 0 saturated heterocycles. The molecular weight excluding hydrogens is 456 g/mol. The van der Waals surface area contributed by atoms with Crippen LogP contribution in [-0.2, 0) is 9.53 Å². The second-order valence-corrected chi connectivity index (χ2v) is 8.46. The first kappa shape index (κ1) is 23.6. The molecule has 0 saturated carbocycles. The summed E-state index contributed by atoms with van der Waals surface area (Å²) < 4.78 is 11.0. The molecule has 1 unspecified atom stereocenters. The van der Waals surface area contributed by atoms with Crippen LogP contribution in [0.3, 0.4) is 0 Å². The third-order valence-corrected chi connectivity index (χ3v) is 6.17. The van der Waals surface area contributed by atoms with E-state index in [9.17, 15) is 14.7 Å².